The summed E-state index contributed by atoms with van der Waals surface area (Å²) in [7, 11) is 0. The average Bonchev–Trinajstić information content (AvgIpc) is 2.40. The molecule has 0 aromatic heterocycles. The molecule has 2 aromatic rings. The Hall–Kier alpha value is -1.90. The van der Waals surface area contributed by atoms with E-state index in [2.05, 4.69) is 12.2 Å². The standard InChI is InChI=1S/C15H15F2N/c1-2-11-5-3-4-6-15(11)18-10-12-9-13(16)7-8-14(12)17/h3-9,18H,2,10H2,1H3. The van der Waals surface area contributed by atoms with Gasteiger partial charge in [-0.05, 0) is 36.2 Å². The van der Waals surface area contributed by atoms with Crippen molar-refractivity contribution in [2.24, 2.45) is 0 Å². The van der Waals surface area contributed by atoms with E-state index >= 15 is 0 Å². The van der Waals surface area contributed by atoms with Crippen molar-refractivity contribution in [2.45, 2.75) is 19.9 Å². The zero-order valence-corrected chi connectivity index (χ0v) is 10.2. The lowest BCUT2D eigenvalue weighted by Gasteiger charge is -2.11. The summed E-state index contributed by atoms with van der Waals surface area (Å²) in [6, 6.07) is 11.3. The highest BCUT2D eigenvalue weighted by Gasteiger charge is 2.05. The SMILES string of the molecule is CCc1ccccc1NCc1cc(F)ccc1F. The summed E-state index contributed by atoms with van der Waals surface area (Å²) < 4.78 is 26.5. The van der Waals surface area contributed by atoms with E-state index in [1.807, 2.05) is 24.3 Å². The number of hydrogen-bond donors (Lipinski definition) is 1. The molecule has 0 amide bonds. The molecule has 0 bridgehead atoms. The van der Waals surface area contributed by atoms with Gasteiger partial charge < -0.3 is 5.32 Å². The molecule has 0 fully saturated rings. The number of hydrogen-bond acceptors (Lipinski definition) is 1. The number of para-hydroxylation sites is 1. The smallest absolute Gasteiger partial charge is 0.128 e. The topological polar surface area (TPSA) is 12.0 Å². The largest absolute Gasteiger partial charge is 0.381 e. The number of rotatable bonds is 4. The van der Waals surface area contributed by atoms with E-state index in [1.165, 1.54) is 6.07 Å². The summed E-state index contributed by atoms with van der Waals surface area (Å²) in [5.74, 6) is -0.810. The van der Waals surface area contributed by atoms with Gasteiger partial charge in [-0.25, -0.2) is 8.78 Å². The van der Waals surface area contributed by atoms with Crippen LogP contribution in [0.2, 0.25) is 0 Å². The van der Waals surface area contributed by atoms with Gasteiger partial charge in [0.2, 0.25) is 0 Å². The Bertz CT molecular complexity index is 538. The first-order valence-corrected chi connectivity index (χ1v) is 5.96. The minimum absolute atomic E-state index is 0.278. The van der Waals surface area contributed by atoms with Gasteiger partial charge in [0, 0.05) is 17.8 Å². The molecule has 0 radical (unpaired) electrons. The fourth-order valence-corrected chi connectivity index (χ4v) is 1.87. The van der Waals surface area contributed by atoms with Crippen LogP contribution in [0.3, 0.4) is 0 Å². The number of benzene rings is 2. The molecule has 0 aliphatic carbocycles. The van der Waals surface area contributed by atoms with Gasteiger partial charge in [-0.3, -0.25) is 0 Å². The Morgan fingerprint density at radius 2 is 1.78 bits per heavy atom. The molecule has 2 aromatic carbocycles. The molecule has 1 N–H and O–H groups in total. The minimum Gasteiger partial charge on any atom is -0.381 e. The van der Waals surface area contributed by atoms with Gasteiger partial charge in [0.25, 0.3) is 0 Å². The van der Waals surface area contributed by atoms with Crippen LogP contribution < -0.4 is 5.32 Å². The molecule has 0 heterocycles. The molecule has 0 unspecified atom stereocenters. The zero-order chi connectivity index (χ0) is 13.0. The molecule has 0 saturated heterocycles. The lowest BCUT2D eigenvalue weighted by atomic mass is 10.1. The summed E-state index contributed by atoms with van der Waals surface area (Å²) >= 11 is 0. The van der Waals surface area contributed by atoms with Crippen LogP contribution in [0.1, 0.15) is 18.1 Å². The molecule has 0 atom stereocenters. The van der Waals surface area contributed by atoms with E-state index in [0.29, 0.717) is 5.56 Å². The van der Waals surface area contributed by atoms with E-state index in [9.17, 15) is 8.78 Å². The molecule has 0 saturated carbocycles. The Labute approximate surface area is 105 Å². The molecule has 0 aliphatic heterocycles. The first-order valence-electron chi connectivity index (χ1n) is 5.96. The van der Waals surface area contributed by atoms with Gasteiger partial charge in [-0.2, -0.15) is 0 Å². The van der Waals surface area contributed by atoms with Crippen molar-refractivity contribution >= 4 is 5.69 Å². The summed E-state index contributed by atoms with van der Waals surface area (Å²) in [5.41, 5.74) is 2.46. The fraction of sp³-hybridized carbons (Fsp3) is 0.200. The van der Waals surface area contributed by atoms with Crippen LogP contribution >= 0.6 is 0 Å². The molecular formula is C15H15F2N. The number of aryl methyl sites for hydroxylation is 1. The van der Waals surface area contributed by atoms with Gasteiger partial charge in [0.1, 0.15) is 11.6 Å². The lowest BCUT2D eigenvalue weighted by molar-refractivity contribution is 0.587. The van der Waals surface area contributed by atoms with Crippen LogP contribution in [0.5, 0.6) is 0 Å². The number of halogens is 2. The Morgan fingerprint density at radius 3 is 2.56 bits per heavy atom. The maximum atomic E-state index is 13.4. The fourth-order valence-electron chi connectivity index (χ4n) is 1.87. The van der Waals surface area contributed by atoms with E-state index < -0.39 is 11.6 Å². The quantitative estimate of drug-likeness (QED) is 0.856. The summed E-state index contributed by atoms with van der Waals surface area (Å²) in [6.45, 7) is 2.34. The maximum absolute atomic E-state index is 13.4. The average molecular weight is 247 g/mol. The zero-order valence-electron chi connectivity index (χ0n) is 10.2. The van der Waals surface area contributed by atoms with Gasteiger partial charge >= 0.3 is 0 Å². The summed E-state index contributed by atoms with van der Waals surface area (Å²) in [6.07, 6.45) is 0.898. The Balaban J connectivity index is 2.14. The molecule has 0 aliphatic rings. The van der Waals surface area contributed by atoms with Crippen molar-refractivity contribution in [3.63, 3.8) is 0 Å². The first kappa shape index (κ1) is 12.6. The van der Waals surface area contributed by atoms with Crippen LogP contribution in [0.25, 0.3) is 0 Å². The van der Waals surface area contributed by atoms with E-state index in [1.54, 1.807) is 0 Å². The highest BCUT2D eigenvalue weighted by Crippen LogP contribution is 2.17. The second-order valence-corrected chi connectivity index (χ2v) is 4.10. The van der Waals surface area contributed by atoms with Gasteiger partial charge in [-0.1, -0.05) is 25.1 Å². The normalized spacial score (nSPS) is 10.4. The molecular weight excluding hydrogens is 232 g/mol. The highest BCUT2D eigenvalue weighted by molar-refractivity contribution is 5.51. The lowest BCUT2D eigenvalue weighted by Crippen LogP contribution is -2.04. The predicted octanol–water partition coefficient (Wildman–Crippen LogP) is 4.14. The van der Waals surface area contributed by atoms with Crippen molar-refractivity contribution in [1.29, 1.82) is 0 Å². The second-order valence-electron chi connectivity index (χ2n) is 4.10. The van der Waals surface area contributed by atoms with Gasteiger partial charge in [0.15, 0.2) is 0 Å². The van der Waals surface area contributed by atoms with Crippen LogP contribution in [0.4, 0.5) is 14.5 Å². The minimum atomic E-state index is -0.419. The van der Waals surface area contributed by atoms with E-state index in [-0.39, 0.29) is 6.54 Å². The maximum Gasteiger partial charge on any atom is 0.128 e. The van der Waals surface area contributed by atoms with Crippen molar-refractivity contribution in [2.75, 3.05) is 5.32 Å². The number of nitrogens with one attached hydrogen (secondary N) is 1. The molecule has 3 heteroatoms. The molecule has 18 heavy (non-hydrogen) atoms. The van der Waals surface area contributed by atoms with Crippen LogP contribution in [-0.4, -0.2) is 0 Å². The van der Waals surface area contributed by atoms with Crippen molar-refractivity contribution in [3.8, 4) is 0 Å². The first-order chi connectivity index (χ1) is 8.70. The van der Waals surface area contributed by atoms with Crippen LogP contribution in [0, 0.1) is 11.6 Å². The summed E-state index contributed by atoms with van der Waals surface area (Å²) in [5, 5.41) is 3.14. The van der Waals surface area contributed by atoms with Gasteiger partial charge in [0.05, 0.1) is 0 Å². The highest BCUT2D eigenvalue weighted by atomic mass is 19.1. The van der Waals surface area contributed by atoms with Crippen molar-refractivity contribution < 1.29 is 8.78 Å². The number of anilines is 1. The third-order valence-corrected chi connectivity index (χ3v) is 2.88. The predicted molar refractivity (Wildman–Crippen MR) is 69.5 cm³/mol. The monoisotopic (exact) mass is 247 g/mol. The molecule has 0 spiro atoms. The van der Waals surface area contributed by atoms with Gasteiger partial charge in [-0.15, -0.1) is 0 Å². The Kier molecular flexibility index (Phi) is 3.92. The van der Waals surface area contributed by atoms with Crippen LogP contribution in [-0.2, 0) is 13.0 Å². The molecule has 2 rings (SSSR count). The van der Waals surface area contributed by atoms with E-state index in [4.69, 9.17) is 0 Å². The Morgan fingerprint density at radius 1 is 1.00 bits per heavy atom. The third-order valence-electron chi connectivity index (χ3n) is 2.88. The molecule has 1 nitrogen and oxygen atoms in total. The summed E-state index contributed by atoms with van der Waals surface area (Å²) in [4.78, 5) is 0. The van der Waals surface area contributed by atoms with Crippen LogP contribution in [0.15, 0.2) is 42.5 Å². The van der Waals surface area contributed by atoms with Crippen molar-refractivity contribution in [1.82, 2.24) is 0 Å². The molecule has 94 valence electrons. The van der Waals surface area contributed by atoms with Crippen molar-refractivity contribution in [3.05, 3.63) is 65.2 Å². The van der Waals surface area contributed by atoms with E-state index in [0.717, 1.165) is 29.8 Å². The second kappa shape index (κ2) is 5.63. The third kappa shape index (κ3) is 2.86.